The summed E-state index contributed by atoms with van der Waals surface area (Å²) in [5, 5.41) is 2.99. The summed E-state index contributed by atoms with van der Waals surface area (Å²) < 4.78 is 55.1. The molecule has 0 saturated carbocycles. The minimum Gasteiger partial charge on any atom is -0.357 e. The Bertz CT molecular complexity index is 1100. The van der Waals surface area contributed by atoms with Crippen LogP contribution in [0.1, 0.15) is 0 Å². The van der Waals surface area contributed by atoms with Crippen LogP contribution in [0.15, 0.2) is 30.5 Å². The van der Waals surface area contributed by atoms with Crippen molar-refractivity contribution in [3.8, 4) is 0 Å². The van der Waals surface area contributed by atoms with Gasteiger partial charge >= 0.3 is 0 Å². The first-order chi connectivity index (χ1) is 11.4. The Hall–Kier alpha value is -3.23. The molecule has 0 bridgehead atoms. The van der Waals surface area contributed by atoms with E-state index in [9.17, 15) is 17.6 Å². The maximum atomic E-state index is 13.8. The zero-order valence-corrected chi connectivity index (χ0v) is 11.9. The lowest BCUT2D eigenvalue weighted by molar-refractivity contribution is 0.589. The highest BCUT2D eigenvalue weighted by atomic mass is 19.1. The van der Waals surface area contributed by atoms with E-state index in [1.54, 1.807) is 0 Å². The second kappa shape index (κ2) is 4.88. The molecule has 0 aliphatic heterocycles. The summed E-state index contributed by atoms with van der Waals surface area (Å²) in [6.45, 7) is 0. The summed E-state index contributed by atoms with van der Waals surface area (Å²) in [7, 11) is 0. The highest BCUT2D eigenvalue weighted by molar-refractivity contribution is 5.94. The second-order valence-corrected chi connectivity index (χ2v) is 5.20. The summed E-state index contributed by atoms with van der Waals surface area (Å²) in [6, 6.07) is 3.59. The SMILES string of the molecule is Nn1c(Nc2c[nH]c3c(F)cc(F)cc23)nc2cc(F)cc(F)c21. The number of hydrogen-bond acceptors (Lipinski definition) is 3. The van der Waals surface area contributed by atoms with Crippen molar-refractivity contribution in [3.05, 3.63) is 53.7 Å². The summed E-state index contributed by atoms with van der Waals surface area (Å²) in [6.07, 6.45) is 1.39. The molecular weight excluding hydrogens is 326 g/mol. The van der Waals surface area contributed by atoms with Crippen molar-refractivity contribution < 1.29 is 17.6 Å². The maximum absolute atomic E-state index is 13.8. The predicted molar refractivity (Wildman–Crippen MR) is 81.3 cm³/mol. The minimum absolute atomic E-state index is 0.00898. The number of nitrogens with zero attached hydrogens (tertiary/aromatic N) is 2. The third kappa shape index (κ3) is 2.05. The highest BCUT2D eigenvalue weighted by Gasteiger charge is 2.17. The van der Waals surface area contributed by atoms with E-state index in [2.05, 4.69) is 15.3 Å². The molecule has 2 aromatic carbocycles. The van der Waals surface area contributed by atoms with Crippen molar-refractivity contribution in [3.63, 3.8) is 0 Å². The molecule has 5 nitrogen and oxygen atoms in total. The third-order valence-electron chi connectivity index (χ3n) is 3.66. The van der Waals surface area contributed by atoms with Gasteiger partial charge in [-0.15, -0.1) is 0 Å². The van der Waals surface area contributed by atoms with Gasteiger partial charge in [-0.05, 0) is 6.07 Å². The molecule has 122 valence electrons. The number of imidazole rings is 1. The molecular formula is C15H9F4N5. The monoisotopic (exact) mass is 335 g/mol. The van der Waals surface area contributed by atoms with Crippen LogP contribution in [0.25, 0.3) is 21.9 Å². The van der Waals surface area contributed by atoms with Gasteiger partial charge in [0.1, 0.15) is 23.0 Å². The predicted octanol–water partition coefficient (Wildman–Crippen LogP) is 3.53. The smallest absolute Gasteiger partial charge is 0.227 e. The minimum atomic E-state index is -0.871. The molecule has 24 heavy (non-hydrogen) atoms. The zero-order valence-electron chi connectivity index (χ0n) is 11.9. The number of rotatable bonds is 2. The van der Waals surface area contributed by atoms with E-state index < -0.39 is 23.3 Å². The molecule has 0 atom stereocenters. The van der Waals surface area contributed by atoms with Crippen molar-refractivity contribution in [2.45, 2.75) is 0 Å². The number of aromatic amines is 1. The normalized spacial score (nSPS) is 11.5. The van der Waals surface area contributed by atoms with Crippen LogP contribution in [0.5, 0.6) is 0 Å². The second-order valence-electron chi connectivity index (χ2n) is 5.20. The molecule has 4 aromatic rings. The number of anilines is 2. The number of nitrogens with one attached hydrogen (secondary N) is 2. The van der Waals surface area contributed by atoms with E-state index >= 15 is 0 Å². The van der Waals surface area contributed by atoms with E-state index in [0.29, 0.717) is 6.07 Å². The number of nitrogen functional groups attached to an aromatic ring is 1. The van der Waals surface area contributed by atoms with Crippen LogP contribution in [0.2, 0.25) is 0 Å². The number of benzene rings is 2. The Kier molecular flexibility index (Phi) is 2.92. The topological polar surface area (TPSA) is 71.7 Å². The van der Waals surface area contributed by atoms with Crippen LogP contribution in [0.3, 0.4) is 0 Å². The average molecular weight is 335 g/mol. The molecule has 0 aliphatic rings. The molecule has 2 heterocycles. The fourth-order valence-corrected chi connectivity index (χ4v) is 2.62. The largest absolute Gasteiger partial charge is 0.357 e. The highest BCUT2D eigenvalue weighted by Crippen LogP contribution is 2.30. The quantitative estimate of drug-likeness (QED) is 0.388. The number of H-pyrrole nitrogens is 1. The maximum Gasteiger partial charge on any atom is 0.227 e. The van der Waals surface area contributed by atoms with Crippen molar-refractivity contribution in [2.75, 3.05) is 11.2 Å². The lowest BCUT2D eigenvalue weighted by Crippen LogP contribution is -2.12. The van der Waals surface area contributed by atoms with Crippen molar-refractivity contribution in [2.24, 2.45) is 0 Å². The summed E-state index contributed by atoms with van der Waals surface area (Å²) in [4.78, 5) is 6.67. The Labute approximate surface area is 131 Å². The van der Waals surface area contributed by atoms with Gasteiger partial charge in [-0.3, -0.25) is 0 Å². The molecule has 0 saturated heterocycles. The lowest BCUT2D eigenvalue weighted by Gasteiger charge is -2.05. The number of fused-ring (bicyclic) bond motifs is 2. The van der Waals surface area contributed by atoms with E-state index in [1.165, 1.54) is 6.20 Å². The van der Waals surface area contributed by atoms with Gasteiger partial charge < -0.3 is 16.1 Å². The van der Waals surface area contributed by atoms with Crippen molar-refractivity contribution >= 4 is 33.6 Å². The number of halogens is 4. The van der Waals surface area contributed by atoms with Crippen LogP contribution in [-0.4, -0.2) is 14.6 Å². The van der Waals surface area contributed by atoms with Gasteiger partial charge in [-0.1, -0.05) is 0 Å². The Morgan fingerprint density at radius 1 is 1.00 bits per heavy atom. The van der Waals surface area contributed by atoms with Gasteiger partial charge in [0, 0.05) is 29.8 Å². The first kappa shape index (κ1) is 14.4. The number of nitrogens with two attached hydrogens (primary N) is 1. The molecule has 4 rings (SSSR count). The fraction of sp³-hybridized carbons (Fsp3) is 0. The van der Waals surface area contributed by atoms with Gasteiger partial charge in [0.15, 0.2) is 5.82 Å². The summed E-state index contributed by atoms with van der Waals surface area (Å²) >= 11 is 0. The Morgan fingerprint density at radius 3 is 2.50 bits per heavy atom. The average Bonchev–Trinajstić information content (AvgIpc) is 3.02. The first-order valence-corrected chi connectivity index (χ1v) is 6.80. The van der Waals surface area contributed by atoms with Gasteiger partial charge in [0.2, 0.25) is 5.95 Å². The van der Waals surface area contributed by atoms with Crippen molar-refractivity contribution in [1.82, 2.24) is 14.6 Å². The van der Waals surface area contributed by atoms with Crippen LogP contribution >= 0.6 is 0 Å². The van der Waals surface area contributed by atoms with E-state index in [4.69, 9.17) is 5.84 Å². The van der Waals surface area contributed by atoms with E-state index in [-0.39, 0.29) is 33.6 Å². The zero-order chi connectivity index (χ0) is 17.0. The van der Waals surface area contributed by atoms with Gasteiger partial charge in [-0.2, -0.15) is 0 Å². The molecule has 0 radical (unpaired) electrons. The standard InChI is InChI=1S/C15H9F4N5/c16-6-1-8-12(5-21-13(8)9(18)2-6)23-15-22-11-4-7(17)3-10(19)14(11)24(15)20/h1-5,21H,20H2,(H,22,23). The first-order valence-electron chi connectivity index (χ1n) is 6.80. The van der Waals surface area contributed by atoms with Gasteiger partial charge in [0.25, 0.3) is 0 Å². The van der Waals surface area contributed by atoms with Crippen LogP contribution in [0, 0.1) is 23.3 Å². The molecule has 0 aliphatic carbocycles. The van der Waals surface area contributed by atoms with E-state index in [1.807, 2.05) is 0 Å². The third-order valence-corrected chi connectivity index (χ3v) is 3.66. The molecule has 4 N–H and O–H groups in total. The molecule has 9 heteroatoms. The summed E-state index contributed by atoms with van der Waals surface area (Å²) in [5.74, 6) is 2.60. The molecule has 2 aromatic heterocycles. The Morgan fingerprint density at radius 2 is 1.71 bits per heavy atom. The van der Waals surface area contributed by atoms with Crippen molar-refractivity contribution in [1.29, 1.82) is 0 Å². The molecule has 0 amide bonds. The van der Waals surface area contributed by atoms with Gasteiger partial charge in [-0.25, -0.2) is 27.2 Å². The lowest BCUT2D eigenvalue weighted by atomic mass is 10.2. The number of hydrogen-bond donors (Lipinski definition) is 3. The molecule has 0 unspecified atom stereocenters. The summed E-state index contributed by atoms with van der Waals surface area (Å²) in [5.41, 5.74) is 0.285. The molecule has 0 fully saturated rings. The van der Waals surface area contributed by atoms with E-state index in [0.717, 1.165) is 22.9 Å². The van der Waals surface area contributed by atoms with Gasteiger partial charge in [0.05, 0.1) is 16.7 Å². The fourth-order valence-electron chi connectivity index (χ4n) is 2.62. The number of aromatic nitrogens is 3. The van der Waals surface area contributed by atoms with Crippen LogP contribution in [0.4, 0.5) is 29.2 Å². The molecule has 0 spiro atoms. The van der Waals surface area contributed by atoms with Crippen LogP contribution in [-0.2, 0) is 0 Å². The van der Waals surface area contributed by atoms with Crippen LogP contribution < -0.4 is 11.2 Å². The Balaban J connectivity index is 1.86.